The Balaban J connectivity index is 1.86. The number of carbonyl (C=O) groups is 1. The van der Waals surface area contributed by atoms with Gasteiger partial charge in [0.05, 0.1) is 0 Å². The van der Waals surface area contributed by atoms with Crippen LogP contribution in [0.15, 0.2) is 0 Å². The van der Waals surface area contributed by atoms with Gasteiger partial charge in [-0.3, -0.25) is 4.79 Å². The van der Waals surface area contributed by atoms with Gasteiger partial charge in [0.15, 0.2) is 0 Å². The zero-order valence-corrected chi connectivity index (χ0v) is 9.80. The molecule has 0 bridgehead atoms. The maximum atomic E-state index is 12.1. The Labute approximate surface area is 92.8 Å². The molecule has 0 radical (unpaired) electrons. The largest absolute Gasteiger partial charge is 0.313 e. The molecule has 0 spiro atoms. The van der Waals surface area contributed by atoms with Crippen LogP contribution >= 0.6 is 0 Å². The normalized spacial score (nSPS) is 30.3. The summed E-state index contributed by atoms with van der Waals surface area (Å²) in [4.78, 5) is 12.1. The van der Waals surface area contributed by atoms with E-state index in [1.807, 2.05) is 0 Å². The predicted octanol–water partition coefficient (Wildman–Crippen LogP) is 2.52. The van der Waals surface area contributed by atoms with Crippen molar-refractivity contribution in [2.24, 2.45) is 11.8 Å². The van der Waals surface area contributed by atoms with Crippen LogP contribution in [0.3, 0.4) is 0 Å². The maximum Gasteiger partial charge on any atom is 0.140 e. The van der Waals surface area contributed by atoms with Crippen molar-refractivity contribution < 1.29 is 4.79 Å². The second-order valence-corrected chi connectivity index (χ2v) is 5.23. The molecule has 0 aromatic rings. The molecule has 2 rings (SSSR count). The standard InChI is InChI=1S/C13H23NO/c1-10(13(15)11-6-5-7-11)12-8-3-2-4-9-14-12/h10-12,14H,2-9H2,1H3. The molecule has 2 nitrogen and oxygen atoms in total. The van der Waals surface area contributed by atoms with E-state index < -0.39 is 0 Å². The fourth-order valence-electron chi connectivity index (χ4n) is 2.75. The van der Waals surface area contributed by atoms with E-state index >= 15 is 0 Å². The van der Waals surface area contributed by atoms with Crippen molar-refractivity contribution in [3.63, 3.8) is 0 Å². The van der Waals surface area contributed by atoms with Gasteiger partial charge in [-0.25, -0.2) is 0 Å². The molecule has 1 aliphatic carbocycles. The minimum atomic E-state index is 0.244. The van der Waals surface area contributed by atoms with Crippen LogP contribution in [0.4, 0.5) is 0 Å². The van der Waals surface area contributed by atoms with E-state index in [1.54, 1.807) is 0 Å². The first-order valence-electron chi connectivity index (χ1n) is 6.56. The van der Waals surface area contributed by atoms with Crippen molar-refractivity contribution in [1.82, 2.24) is 5.32 Å². The summed E-state index contributed by atoms with van der Waals surface area (Å²) in [5.41, 5.74) is 0. The van der Waals surface area contributed by atoms with Gasteiger partial charge in [-0.05, 0) is 32.2 Å². The molecule has 1 heterocycles. The first kappa shape index (κ1) is 11.1. The van der Waals surface area contributed by atoms with E-state index in [0.29, 0.717) is 17.7 Å². The highest BCUT2D eigenvalue weighted by atomic mass is 16.1. The Morgan fingerprint density at radius 3 is 2.60 bits per heavy atom. The van der Waals surface area contributed by atoms with Gasteiger partial charge in [0, 0.05) is 17.9 Å². The Morgan fingerprint density at radius 2 is 1.93 bits per heavy atom. The molecule has 0 amide bonds. The minimum Gasteiger partial charge on any atom is -0.313 e. The Morgan fingerprint density at radius 1 is 1.13 bits per heavy atom. The number of carbonyl (C=O) groups excluding carboxylic acids is 1. The summed E-state index contributed by atoms with van der Waals surface area (Å²) < 4.78 is 0. The highest BCUT2D eigenvalue weighted by Crippen LogP contribution is 2.31. The van der Waals surface area contributed by atoms with E-state index in [4.69, 9.17) is 0 Å². The lowest BCUT2D eigenvalue weighted by atomic mass is 9.76. The third kappa shape index (κ3) is 2.60. The summed E-state index contributed by atoms with van der Waals surface area (Å²) in [6.45, 7) is 3.23. The van der Waals surface area contributed by atoms with Gasteiger partial charge in [-0.2, -0.15) is 0 Å². The van der Waals surface area contributed by atoms with E-state index in [9.17, 15) is 4.79 Å². The molecule has 1 N–H and O–H groups in total. The summed E-state index contributed by atoms with van der Waals surface area (Å²) >= 11 is 0. The van der Waals surface area contributed by atoms with Gasteiger partial charge in [0.25, 0.3) is 0 Å². The average Bonchev–Trinajstić information content (AvgIpc) is 2.41. The SMILES string of the molecule is CC(C(=O)C1CCC1)C1CCCCCN1. The summed E-state index contributed by atoms with van der Waals surface area (Å²) in [6, 6.07) is 0.459. The predicted molar refractivity (Wildman–Crippen MR) is 61.8 cm³/mol. The van der Waals surface area contributed by atoms with Crippen LogP contribution in [-0.4, -0.2) is 18.4 Å². The number of rotatable bonds is 3. The van der Waals surface area contributed by atoms with Gasteiger partial charge in [0.1, 0.15) is 5.78 Å². The van der Waals surface area contributed by atoms with Crippen LogP contribution < -0.4 is 5.32 Å². The van der Waals surface area contributed by atoms with Gasteiger partial charge in [0.2, 0.25) is 0 Å². The van der Waals surface area contributed by atoms with Crippen LogP contribution in [0.5, 0.6) is 0 Å². The third-order valence-electron chi connectivity index (χ3n) is 4.16. The molecule has 2 atom stereocenters. The van der Waals surface area contributed by atoms with E-state index in [0.717, 1.165) is 19.4 Å². The molecule has 1 saturated heterocycles. The van der Waals surface area contributed by atoms with Crippen LogP contribution in [0, 0.1) is 11.8 Å². The Kier molecular flexibility index (Phi) is 3.79. The topological polar surface area (TPSA) is 29.1 Å². The molecule has 2 heteroatoms. The summed E-state index contributed by atoms with van der Waals surface area (Å²) in [5.74, 6) is 1.18. The lowest BCUT2D eigenvalue weighted by molar-refractivity contribution is -0.129. The molecule has 15 heavy (non-hydrogen) atoms. The van der Waals surface area contributed by atoms with Crippen LogP contribution in [0.1, 0.15) is 51.9 Å². The monoisotopic (exact) mass is 209 g/mol. The molecule has 86 valence electrons. The van der Waals surface area contributed by atoms with Crippen LogP contribution in [-0.2, 0) is 4.79 Å². The summed E-state index contributed by atoms with van der Waals surface area (Å²) in [5, 5.41) is 3.54. The van der Waals surface area contributed by atoms with Crippen molar-refractivity contribution in [1.29, 1.82) is 0 Å². The summed E-state index contributed by atoms with van der Waals surface area (Å²) in [6.07, 6.45) is 8.65. The van der Waals surface area contributed by atoms with E-state index in [2.05, 4.69) is 12.2 Å². The van der Waals surface area contributed by atoms with Crippen molar-refractivity contribution in [3.8, 4) is 0 Å². The van der Waals surface area contributed by atoms with E-state index in [1.165, 1.54) is 32.1 Å². The molecule has 1 aliphatic heterocycles. The second kappa shape index (κ2) is 5.11. The fraction of sp³-hybridized carbons (Fsp3) is 0.923. The molecular formula is C13H23NO. The average molecular weight is 209 g/mol. The molecule has 1 saturated carbocycles. The summed E-state index contributed by atoms with van der Waals surface area (Å²) in [7, 11) is 0. The quantitative estimate of drug-likeness (QED) is 0.774. The molecule has 0 aromatic heterocycles. The van der Waals surface area contributed by atoms with E-state index in [-0.39, 0.29) is 5.92 Å². The van der Waals surface area contributed by atoms with Crippen molar-refractivity contribution in [2.45, 2.75) is 57.9 Å². The smallest absolute Gasteiger partial charge is 0.140 e. The van der Waals surface area contributed by atoms with Gasteiger partial charge < -0.3 is 5.32 Å². The first-order valence-corrected chi connectivity index (χ1v) is 6.56. The van der Waals surface area contributed by atoms with Crippen molar-refractivity contribution in [3.05, 3.63) is 0 Å². The van der Waals surface area contributed by atoms with Gasteiger partial charge in [-0.15, -0.1) is 0 Å². The van der Waals surface area contributed by atoms with Crippen LogP contribution in [0.2, 0.25) is 0 Å². The third-order valence-corrected chi connectivity index (χ3v) is 4.16. The lowest BCUT2D eigenvalue weighted by Gasteiger charge is -2.30. The van der Waals surface area contributed by atoms with Crippen molar-refractivity contribution >= 4 is 5.78 Å². The molecule has 2 fully saturated rings. The molecule has 2 aliphatic rings. The molecule has 0 aromatic carbocycles. The Bertz CT molecular complexity index is 215. The number of hydrogen-bond acceptors (Lipinski definition) is 2. The van der Waals surface area contributed by atoms with Gasteiger partial charge in [-0.1, -0.05) is 26.2 Å². The fourth-order valence-corrected chi connectivity index (χ4v) is 2.75. The number of Topliss-reactive ketones (excluding diaryl/α,β-unsaturated/α-hetero) is 1. The zero-order valence-electron chi connectivity index (χ0n) is 9.80. The van der Waals surface area contributed by atoms with Crippen LogP contribution in [0.25, 0.3) is 0 Å². The first-order chi connectivity index (χ1) is 7.29. The lowest BCUT2D eigenvalue weighted by Crippen LogP contribution is -2.41. The molecular weight excluding hydrogens is 186 g/mol. The zero-order chi connectivity index (χ0) is 10.7. The Hall–Kier alpha value is -0.370. The highest BCUT2D eigenvalue weighted by molar-refractivity contribution is 5.84. The minimum absolute atomic E-state index is 0.244. The highest BCUT2D eigenvalue weighted by Gasteiger charge is 2.32. The maximum absolute atomic E-state index is 12.1. The number of nitrogens with one attached hydrogen (secondary N) is 1. The molecule has 2 unspecified atom stereocenters. The van der Waals surface area contributed by atoms with Crippen molar-refractivity contribution in [2.75, 3.05) is 6.54 Å². The number of hydrogen-bond donors (Lipinski definition) is 1. The van der Waals surface area contributed by atoms with Gasteiger partial charge >= 0.3 is 0 Å². The number of ketones is 1. The second-order valence-electron chi connectivity index (χ2n) is 5.23.